The van der Waals surface area contributed by atoms with Crippen LogP contribution in [0.3, 0.4) is 0 Å². The number of aryl methyl sites for hydroxylation is 1. The van der Waals surface area contributed by atoms with Gasteiger partial charge in [0.15, 0.2) is 0 Å². The second-order valence-electron chi connectivity index (χ2n) is 4.43. The van der Waals surface area contributed by atoms with Crippen molar-refractivity contribution in [3.05, 3.63) is 40.2 Å². The molecular weight excluding hydrogens is 248 g/mol. The van der Waals surface area contributed by atoms with E-state index in [1.54, 1.807) is 29.7 Å². The predicted octanol–water partition coefficient (Wildman–Crippen LogP) is 2.65. The molecule has 2 rings (SSSR count). The van der Waals surface area contributed by atoms with E-state index in [2.05, 4.69) is 10.3 Å². The second-order valence-corrected chi connectivity index (χ2v) is 5.37. The monoisotopic (exact) mass is 266 g/mol. The molecule has 2 aromatic heterocycles. The van der Waals surface area contributed by atoms with Gasteiger partial charge in [-0.05, 0) is 32.4 Å². The molecule has 0 aliphatic carbocycles. The fourth-order valence-corrected chi connectivity index (χ4v) is 2.48. The lowest BCUT2D eigenvalue weighted by Gasteiger charge is -2.15. The molecule has 2 heterocycles. The van der Waals surface area contributed by atoms with E-state index < -0.39 is 6.10 Å². The number of hydrogen-bond donors (Lipinski definition) is 2. The SMILES string of the molecule is Cc1csc(CNC(C)CC(O)c2ccco2)n1. The first-order chi connectivity index (χ1) is 8.65. The van der Waals surface area contributed by atoms with Crippen molar-refractivity contribution in [2.24, 2.45) is 0 Å². The highest BCUT2D eigenvalue weighted by Gasteiger charge is 2.14. The first kappa shape index (κ1) is 13.3. The first-order valence-electron chi connectivity index (χ1n) is 6.01. The molecule has 0 amide bonds. The minimum atomic E-state index is -0.555. The molecule has 0 aliphatic rings. The number of hydrogen-bond acceptors (Lipinski definition) is 5. The van der Waals surface area contributed by atoms with Crippen molar-refractivity contribution in [1.29, 1.82) is 0 Å². The fourth-order valence-electron chi connectivity index (χ4n) is 1.76. The van der Waals surface area contributed by atoms with Gasteiger partial charge in [0.25, 0.3) is 0 Å². The largest absolute Gasteiger partial charge is 0.467 e. The van der Waals surface area contributed by atoms with Crippen molar-refractivity contribution in [2.45, 2.75) is 39.0 Å². The lowest BCUT2D eigenvalue weighted by molar-refractivity contribution is 0.128. The molecule has 4 nitrogen and oxygen atoms in total. The average molecular weight is 266 g/mol. The summed E-state index contributed by atoms with van der Waals surface area (Å²) in [5.41, 5.74) is 1.06. The van der Waals surface area contributed by atoms with Crippen LogP contribution in [0.15, 0.2) is 28.2 Å². The van der Waals surface area contributed by atoms with Crippen molar-refractivity contribution < 1.29 is 9.52 Å². The van der Waals surface area contributed by atoms with Crippen LogP contribution in [0.25, 0.3) is 0 Å². The minimum Gasteiger partial charge on any atom is -0.467 e. The summed E-state index contributed by atoms with van der Waals surface area (Å²) in [5.74, 6) is 0.619. The van der Waals surface area contributed by atoms with E-state index >= 15 is 0 Å². The Kier molecular flexibility index (Phi) is 4.52. The highest BCUT2D eigenvalue weighted by Crippen LogP contribution is 2.18. The van der Waals surface area contributed by atoms with Gasteiger partial charge in [0, 0.05) is 23.7 Å². The van der Waals surface area contributed by atoms with E-state index in [9.17, 15) is 5.11 Å². The molecule has 0 saturated heterocycles. The predicted molar refractivity (Wildman–Crippen MR) is 71.4 cm³/mol. The molecule has 18 heavy (non-hydrogen) atoms. The molecule has 2 N–H and O–H groups in total. The summed E-state index contributed by atoms with van der Waals surface area (Å²) in [5, 5.41) is 16.4. The number of thiazole rings is 1. The van der Waals surface area contributed by atoms with Crippen molar-refractivity contribution in [1.82, 2.24) is 10.3 Å². The van der Waals surface area contributed by atoms with Crippen LogP contribution in [0.1, 0.15) is 35.9 Å². The second kappa shape index (κ2) is 6.13. The standard InChI is InChI=1S/C13H18N2O2S/c1-9(6-11(16)12-4-3-5-17-12)14-7-13-15-10(2)8-18-13/h3-5,8-9,11,14,16H,6-7H2,1-2H3. The Balaban J connectivity index is 1.76. The van der Waals surface area contributed by atoms with Crippen LogP contribution in [-0.4, -0.2) is 16.1 Å². The number of nitrogens with one attached hydrogen (secondary N) is 1. The summed E-state index contributed by atoms with van der Waals surface area (Å²) in [6, 6.07) is 3.78. The number of aromatic nitrogens is 1. The van der Waals surface area contributed by atoms with Gasteiger partial charge < -0.3 is 14.8 Å². The van der Waals surface area contributed by atoms with E-state index in [-0.39, 0.29) is 6.04 Å². The van der Waals surface area contributed by atoms with Gasteiger partial charge in [-0.1, -0.05) is 0 Å². The number of rotatable bonds is 6. The lowest BCUT2D eigenvalue weighted by atomic mass is 10.1. The van der Waals surface area contributed by atoms with Gasteiger partial charge in [0.05, 0.1) is 6.26 Å². The number of furan rings is 1. The topological polar surface area (TPSA) is 58.3 Å². The molecule has 2 atom stereocenters. The summed E-state index contributed by atoms with van der Waals surface area (Å²) < 4.78 is 5.17. The zero-order valence-electron chi connectivity index (χ0n) is 10.6. The molecule has 0 fully saturated rings. The summed E-state index contributed by atoms with van der Waals surface area (Å²) in [4.78, 5) is 4.39. The minimum absolute atomic E-state index is 0.203. The summed E-state index contributed by atoms with van der Waals surface area (Å²) in [6.45, 7) is 4.78. The maximum absolute atomic E-state index is 9.93. The Morgan fingerprint density at radius 2 is 2.39 bits per heavy atom. The summed E-state index contributed by atoms with van der Waals surface area (Å²) in [6.07, 6.45) is 1.65. The van der Waals surface area contributed by atoms with Crippen molar-refractivity contribution in [3.8, 4) is 0 Å². The Bertz CT molecular complexity index is 467. The number of aliphatic hydroxyl groups is 1. The van der Waals surface area contributed by atoms with Crippen molar-refractivity contribution >= 4 is 11.3 Å². The van der Waals surface area contributed by atoms with Gasteiger partial charge in [0.2, 0.25) is 0 Å². The summed E-state index contributed by atoms with van der Waals surface area (Å²) >= 11 is 1.65. The van der Waals surface area contributed by atoms with Gasteiger partial charge >= 0.3 is 0 Å². The van der Waals surface area contributed by atoms with Crippen LogP contribution < -0.4 is 5.32 Å². The quantitative estimate of drug-likeness (QED) is 0.844. The van der Waals surface area contributed by atoms with Gasteiger partial charge in [0.1, 0.15) is 16.9 Å². The molecule has 98 valence electrons. The normalized spacial score (nSPS) is 14.6. The average Bonchev–Trinajstić information content (AvgIpc) is 2.97. The van der Waals surface area contributed by atoms with Crippen LogP contribution >= 0.6 is 11.3 Å². The maximum Gasteiger partial charge on any atom is 0.132 e. The van der Waals surface area contributed by atoms with Crippen LogP contribution in [0, 0.1) is 6.92 Å². The number of aliphatic hydroxyl groups excluding tert-OH is 1. The van der Waals surface area contributed by atoms with Crippen molar-refractivity contribution in [3.63, 3.8) is 0 Å². The van der Waals surface area contributed by atoms with Crippen LogP contribution in [0.4, 0.5) is 0 Å². The summed E-state index contributed by atoms with van der Waals surface area (Å²) in [7, 11) is 0. The van der Waals surface area contributed by atoms with Crippen LogP contribution in [0.5, 0.6) is 0 Å². The number of nitrogens with zero attached hydrogens (tertiary/aromatic N) is 1. The van der Waals surface area contributed by atoms with Gasteiger partial charge in [-0.2, -0.15) is 0 Å². The Morgan fingerprint density at radius 1 is 1.56 bits per heavy atom. The van der Waals surface area contributed by atoms with E-state index in [0.29, 0.717) is 12.2 Å². The molecular formula is C13H18N2O2S. The Labute approximate surface area is 111 Å². The van der Waals surface area contributed by atoms with E-state index in [1.165, 1.54) is 0 Å². The van der Waals surface area contributed by atoms with Crippen molar-refractivity contribution in [2.75, 3.05) is 0 Å². The van der Waals surface area contributed by atoms with Gasteiger partial charge in [-0.3, -0.25) is 0 Å². The lowest BCUT2D eigenvalue weighted by Crippen LogP contribution is -2.27. The highest BCUT2D eigenvalue weighted by molar-refractivity contribution is 7.09. The highest BCUT2D eigenvalue weighted by atomic mass is 32.1. The zero-order valence-corrected chi connectivity index (χ0v) is 11.4. The molecule has 0 radical (unpaired) electrons. The third-order valence-corrected chi connectivity index (χ3v) is 3.68. The molecule has 0 bridgehead atoms. The molecule has 0 aromatic carbocycles. The third kappa shape index (κ3) is 3.66. The zero-order chi connectivity index (χ0) is 13.0. The Hall–Kier alpha value is -1.17. The van der Waals surface area contributed by atoms with E-state index in [0.717, 1.165) is 17.2 Å². The first-order valence-corrected chi connectivity index (χ1v) is 6.89. The van der Waals surface area contributed by atoms with E-state index in [1.807, 2.05) is 19.2 Å². The molecule has 0 spiro atoms. The Morgan fingerprint density at radius 3 is 3.00 bits per heavy atom. The van der Waals surface area contributed by atoms with Crippen LogP contribution in [0.2, 0.25) is 0 Å². The molecule has 0 aliphatic heterocycles. The maximum atomic E-state index is 9.93. The van der Waals surface area contributed by atoms with E-state index in [4.69, 9.17) is 4.42 Å². The van der Waals surface area contributed by atoms with Gasteiger partial charge in [-0.15, -0.1) is 11.3 Å². The van der Waals surface area contributed by atoms with Crippen LogP contribution in [-0.2, 0) is 6.54 Å². The fraction of sp³-hybridized carbons (Fsp3) is 0.462. The molecule has 5 heteroatoms. The molecule has 2 unspecified atom stereocenters. The molecule has 2 aromatic rings. The van der Waals surface area contributed by atoms with Gasteiger partial charge in [-0.25, -0.2) is 4.98 Å². The smallest absolute Gasteiger partial charge is 0.132 e. The molecule has 0 saturated carbocycles. The third-order valence-electron chi connectivity index (χ3n) is 2.72.